The zero-order valence-electron chi connectivity index (χ0n) is 11.4. The molecule has 1 aliphatic heterocycles. The number of carbonyl (C=O) groups excluding carboxylic acids is 2. The van der Waals surface area contributed by atoms with Gasteiger partial charge in [-0.2, -0.15) is 0 Å². The summed E-state index contributed by atoms with van der Waals surface area (Å²) in [4.78, 5) is 26.1. The molecular weight excluding hydrogens is 230 g/mol. The molecule has 2 rings (SSSR count). The fourth-order valence-corrected chi connectivity index (χ4v) is 3.28. The normalized spacial score (nSPS) is 27.0. The molecule has 1 heterocycles. The van der Waals surface area contributed by atoms with Gasteiger partial charge in [-0.15, -0.1) is 0 Å². The molecule has 0 spiro atoms. The van der Waals surface area contributed by atoms with E-state index in [-0.39, 0.29) is 23.3 Å². The summed E-state index contributed by atoms with van der Waals surface area (Å²) < 4.78 is 4.80. The number of amides is 1. The first-order valence-electron chi connectivity index (χ1n) is 6.97. The molecule has 2 fully saturated rings. The van der Waals surface area contributed by atoms with E-state index in [9.17, 15) is 9.59 Å². The maximum atomic E-state index is 12.7. The van der Waals surface area contributed by atoms with Gasteiger partial charge in [0.1, 0.15) is 6.04 Å². The lowest BCUT2D eigenvalue weighted by Crippen LogP contribution is -2.48. The van der Waals surface area contributed by atoms with Gasteiger partial charge in [0.2, 0.25) is 5.91 Å². The van der Waals surface area contributed by atoms with Crippen molar-refractivity contribution in [1.29, 1.82) is 0 Å². The highest BCUT2D eigenvalue weighted by Crippen LogP contribution is 2.39. The standard InChI is InChI=1S/C14H23NO3/c1-14(8-4-3-5-9-14)13(17)15-10-6-7-11(15)12(16)18-2/h11H,3-10H2,1-2H3. The number of hydrogen-bond donors (Lipinski definition) is 0. The number of methoxy groups -OCH3 is 1. The van der Waals surface area contributed by atoms with Gasteiger partial charge in [-0.1, -0.05) is 26.2 Å². The van der Waals surface area contributed by atoms with E-state index in [1.165, 1.54) is 13.5 Å². The molecule has 0 aromatic carbocycles. The quantitative estimate of drug-likeness (QED) is 0.708. The van der Waals surface area contributed by atoms with Crippen LogP contribution in [0.3, 0.4) is 0 Å². The lowest BCUT2D eigenvalue weighted by molar-refractivity contribution is -0.155. The van der Waals surface area contributed by atoms with Crippen molar-refractivity contribution in [2.75, 3.05) is 13.7 Å². The summed E-state index contributed by atoms with van der Waals surface area (Å²) in [7, 11) is 1.39. The lowest BCUT2D eigenvalue weighted by Gasteiger charge is -2.37. The second-order valence-electron chi connectivity index (χ2n) is 5.80. The summed E-state index contributed by atoms with van der Waals surface area (Å²) in [5.41, 5.74) is -0.255. The third-order valence-electron chi connectivity index (χ3n) is 4.46. The van der Waals surface area contributed by atoms with Gasteiger partial charge in [-0.05, 0) is 25.7 Å². The van der Waals surface area contributed by atoms with Crippen LogP contribution in [0.5, 0.6) is 0 Å². The molecule has 102 valence electrons. The molecule has 1 atom stereocenters. The number of carbonyl (C=O) groups is 2. The second kappa shape index (κ2) is 5.29. The van der Waals surface area contributed by atoms with Gasteiger partial charge in [-0.3, -0.25) is 4.79 Å². The molecule has 18 heavy (non-hydrogen) atoms. The summed E-state index contributed by atoms with van der Waals surface area (Å²) in [5.74, 6) is -0.102. The molecule has 0 aromatic heterocycles. The molecule has 0 bridgehead atoms. The average molecular weight is 253 g/mol. The minimum Gasteiger partial charge on any atom is -0.467 e. The van der Waals surface area contributed by atoms with Crippen molar-refractivity contribution in [1.82, 2.24) is 4.90 Å². The fraction of sp³-hybridized carbons (Fsp3) is 0.857. The van der Waals surface area contributed by atoms with E-state index in [4.69, 9.17) is 4.74 Å². The Bertz CT molecular complexity index is 334. The third-order valence-corrected chi connectivity index (χ3v) is 4.46. The maximum absolute atomic E-state index is 12.7. The third kappa shape index (κ3) is 2.38. The fourth-order valence-electron chi connectivity index (χ4n) is 3.28. The molecule has 1 aliphatic carbocycles. The minimum absolute atomic E-state index is 0.162. The van der Waals surface area contributed by atoms with Crippen LogP contribution in [-0.2, 0) is 14.3 Å². The van der Waals surface area contributed by atoms with Crippen molar-refractivity contribution < 1.29 is 14.3 Å². The predicted molar refractivity (Wildman–Crippen MR) is 67.9 cm³/mol. The Balaban J connectivity index is 2.09. The molecule has 1 unspecified atom stereocenters. The molecule has 2 aliphatic rings. The van der Waals surface area contributed by atoms with Crippen molar-refractivity contribution in [2.24, 2.45) is 5.41 Å². The maximum Gasteiger partial charge on any atom is 0.328 e. The van der Waals surface area contributed by atoms with Crippen molar-refractivity contribution in [3.8, 4) is 0 Å². The Hall–Kier alpha value is -1.06. The predicted octanol–water partition coefficient (Wildman–Crippen LogP) is 2.12. The van der Waals surface area contributed by atoms with Crippen molar-refractivity contribution in [3.63, 3.8) is 0 Å². The van der Waals surface area contributed by atoms with E-state index in [1.807, 2.05) is 0 Å². The van der Waals surface area contributed by atoms with Gasteiger partial charge in [0, 0.05) is 12.0 Å². The van der Waals surface area contributed by atoms with E-state index < -0.39 is 0 Å². The van der Waals surface area contributed by atoms with Gasteiger partial charge in [0.15, 0.2) is 0 Å². The van der Waals surface area contributed by atoms with Crippen LogP contribution in [0, 0.1) is 5.41 Å². The highest BCUT2D eigenvalue weighted by Gasteiger charge is 2.43. The van der Waals surface area contributed by atoms with Crippen LogP contribution >= 0.6 is 0 Å². The minimum atomic E-state index is -0.346. The van der Waals surface area contributed by atoms with Crippen LogP contribution in [-0.4, -0.2) is 36.5 Å². The summed E-state index contributed by atoms with van der Waals surface area (Å²) in [6.07, 6.45) is 7.03. The van der Waals surface area contributed by atoms with E-state index in [0.29, 0.717) is 6.54 Å². The number of hydrogen-bond acceptors (Lipinski definition) is 3. The number of esters is 1. The van der Waals surface area contributed by atoms with Crippen LogP contribution < -0.4 is 0 Å². The van der Waals surface area contributed by atoms with Crippen molar-refractivity contribution in [2.45, 2.75) is 57.9 Å². The highest BCUT2D eigenvalue weighted by atomic mass is 16.5. The molecule has 1 amide bonds. The average Bonchev–Trinajstić information content (AvgIpc) is 2.86. The summed E-state index contributed by atoms with van der Waals surface area (Å²) in [6, 6.07) is -0.346. The van der Waals surface area contributed by atoms with Gasteiger partial charge in [0.25, 0.3) is 0 Å². The Labute approximate surface area is 109 Å². The van der Waals surface area contributed by atoms with Crippen LogP contribution in [0.4, 0.5) is 0 Å². The van der Waals surface area contributed by atoms with Gasteiger partial charge in [0.05, 0.1) is 7.11 Å². The largest absolute Gasteiger partial charge is 0.467 e. The molecule has 4 heteroatoms. The van der Waals surface area contributed by atoms with Crippen molar-refractivity contribution >= 4 is 11.9 Å². The SMILES string of the molecule is COC(=O)C1CCCN1C(=O)C1(C)CCCCC1. The molecule has 0 radical (unpaired) electrons. The zero-order valence-corrected chi connectivity index (χ0v) is 11.4. The van der Waals surface area contributed by atoms with Crippen molar-refractivity contribution in [3.05, 3.63) is 0 Å². The number of ether oxygens (including phenoxy) is 1. The smallest absolute Gasteiger partial charge is 0.328 e. The van der Waals surface area contributed by atoms with Crippen LogP contribution in [0.1, 0.15) is 51.9 Å². The molecular formula is C14H23NO3. The molecule has 0 N–H and O–H groups in total. The van der Waals surface area contributed by atoms with Gasteiger partial charge >= 0.3 is 5.97 Å². The van der Waals surface area contributed by atoms with Gasteiger partial charge in [-0.25, -0.2) is 4.79 Å². The summed E-state index contributed by atoms with van der Waals surface area (Å²) in [5, 5.41) is 0. The van der Waals surface area contributed by atoms with E-state index in [1.54, 1.807) is 4.90 Å². The van der Waals surface area contributed by atoms with Crippen LogP contribution in [0.2, 0.25) is 0 Å². The number of rotatable bonds is 2. The first-order chi connectivity index (χ1) is 8.58. The van der Waals surface area contributed by atoms with E-state index in [0.717, 1.165) is 38.5 Å². The molecule has 1 saturated carbocycles. The van der Waals surface area contributed by atoms with Crippen LogP contribution in [0.15, 0.2) is 0 Å². The Morgan fingerprint density at radius 2 is 1.83 bits per heavy atom. The zero-order chi connectivity index (χ0) is 13.2. The second-order valence-corrected chi connectivity index (χ2v) is 5.80. The Morgan fingerprint density at radius 1 is 1.17 bits per heavy atom. The summed E-state index contributed by atoms with van der Waals surface area (Å²) in [6.45, 7) is 2.76. The Kier molecular flexibility index (Phi) is 3.93. The number of likely N-dealkylation sites (tertiary alicyclic amines) is 1. The highest BCUT2D eigenvalue weighted by molar-refractivity contribution is 5.88. The van der Waals surface area contributed by atoms with E-state index in [2.05, 4.69) is 6.92 Å². The number of nitrogens with zero attached hydrogens (tertiary/aromatic N) is 1. The topological polar surface area (TPSA) is 46.6 Å². The first-order valence-corrected chi connectivity index (χ1v) is 6.97. The van der Waals surface area contributed by atoms with Gasteiger partial charge < -0.3 is 9.64 Å². The van der Waals surface area contributed by atoms with Crippen LogP contribution in [0.25, 0.3) is 0 Å². The van der Waals surface area contributed by atoms with E-state index >= 15 is 0 Å². The molecule has 4 nitrogen and oxygen atoms in total. The summed E-state index contributed by atoms with van der Waals surface area (Å²) >= 11 is 0. The lowest BCUT2D eigenvalue weighted by atomic mass is 9.74. The molecule has 1 saturated heterocycles. The Morgan fingerprint density at radius 3 is 2.44 bits per heavy atom. The monoisotopic (exact) mass is 253 g/mol. The first kappa shape index (κ1) is 13.4. The molecule has 0 aromatic rings.